The van der Waals surface area contributed by atoms with Gasteiger partial charge in [-0.15, -0.1) is 0 Å². The fraction of sp³-hybridized carbons (Fsp3) is 1.00. The minimum atomic E-state index is 0.603. The van der Waals surface area contributed by atoms with Crippen molar-refractivity contribution < 1.29 is 0 Å². The molecular weight excluding hydrogens is 224 g/mol. The predicted octanol–water partition coefficient (Wildman–Crippen LogP) is 0.942. The average molecular weight is 258 g/mol. The van der Waals surface area contributed by atoms with E-state index in [1.165, 1.54) is 12.8 Å². The van der Waals surface area contributed by atoms with Gasteiger partial charge in [0.25, 0.3) is 0 Å². The van der Waals surface area contributed by atoms with Crippen LogP contribution in [0.15, 0.2) is 0 Å². The molecule has 0 saturated heterocycles. The average Bonchev–Trinajstić information content (AvgIpc) is 2.29. The second kappa shape index (κ2) is 13.3. The Morgan fingerprint density at radius 2 is 0.944 bits per heavy atom. The van der Waals surface area contributed by atoms with Crippen LogP contribution >= 0.6 is 0 Å². The lowest BCUT2D eigenvalue weighted by Gasteiger charge is -2.10. The topological polar surface area (TPSA) is 48.1 Å². The van der Waals surface area contributed by atoms with Crippen LogP contribution in [-0.2, 0) is 0 Å². The molecule has 0 heterocycles. The summed E-state index contributed by atoms with van der Waals surface area (Å²) in [6, 6.07) is 1.21. The van der Waals surface area contributed by atoms with Crippen LogP contribution in [0.2, 0.25) is 0 Å². The minimum Gasteiger partial charge on any atom is -0.315 e. The fourth-order valence-electron chi connectivity index (χ4n) is 1.64. The fourth-order valence-corrected chi connectivity index (χ4v) is 1.64. The summed E-state index contributed by atoms with van der Waals surface area (Å²) >= 11 is 0. The monoisotopic (exact) mass is 258 g/mol. The summed E-state index contributed by atoms with van der Waals surface area (Å²) in [5.74, 6) is 0. The standard InChI is InChI=1S/C14H34N4/c1-13(2)17-9-5-7-15-11-12-16-8-6-10-18-14(3)4/h13-18H,5-12H2,1-4H3. The van der Waals surface area contributed by atoms with Crippen molar-refractivity contribution in [2.75, 3.05) is 39.3 Å². The van der Waals surface area contributed by atoms with Crippen molar-refractivity contribution in [2.45, 2.75) is 52.6 Å². The van der Waals surface area contributed by atoms with E-state index in [2.05, 4.69) is 49.0 Å². The van der Waals surface area contributed by atoms with Gasteiger partial charge in [0.05, 0.1) is 0 Å². The zero-order chi connectivity index (χ0) is 13.6. The molecule has 0 unspecified atom stereocenters. The zero-order valence-electron chi connectivity index (χ0n) is 12.8. The summed E-state index contributed by atoms with van der Waals surface area (Å²) in [5, 5.41) is 13.7. The molecule has 110 valence electrons. The Morgan fingerprint density at radius 3 is 1.28 bits per heavy atom. The van der Waals surface area contributed by atoms with Crippen LogP contribution in [0.5, 0.6) is 0 Å². The second-order valence-electron chi connectivity index (χ2n) is 5.42. The molecule has 0 rings (SSSR count). The minimum absolute atomic E-state index is 0.603. The lowest BCUT2D eigenvalue weighted by Crippen LogP contribution is -2.32. The summed E-state index contributed by atoms with van der Waals surface area (Å²) < 4.78 is 0. The molecule has 0 amide bonds. The first-order valence-corrected chi connectivity index (χ1v) is 7.51. The van der Waals surface area contributed by atoms with Gasteiger partial charge in [0.15, 0.2) is 0 Å². The molecular formula is C14H34N4. The molecule has 0 radical (unpaired) electrons. The third-order valence-corrected chi connectivity index (χ3v) is 2.64. The van der Waals surface area contributed by atoms with Gasteiger partial charge in [-0.1, -0.05) is 27.7 Å². The van der Waals surface area contributed by atoms with Gasteiger partial charge in [-0.05, 0) is 39.0 Å². The van der Waals surface area contributed by atoms with Gasteiger partial charge in [-0.2, -0.15) is 0 Å². The Kier molecular flexibility index (Phi) is 13.2. The maximum absolute atomic E-state index is 3.45. The van der Waals surface area contributed by atoms with Crippen LogP contribution in [-0.4, -0.2) is 51.4 Å². The summed E-state index contributed by atoms with van der Waals surface area (Å²) in [7, 11) is 0. The van der Waals surface area contributed by atoms with Gasteiger partial charge < -0.3 is 21.3 Å². The van der Waals surface area contributed by atoms with Gasteiger partial charge in [-0.25, -0.2) is 0 Å². The maximum Gasteiger partial charge on any atom is 0.00767 e. The second-order valence-corrected chi connectivity index (χ2v) is 5.42. The van der Waals surface area contributed by atoms with Crippen molar-refractivity contribution in [1.82, 2.24) is 21.3 Å². The molecule has 0 aliphatic carbocycles. The Hall–Kier alpha value is -0.160. The van der Waals surface area contributed by atoms with Crippen LogP contribution < -0.4 is 21.3 Å². The van der Waals surface area contributed by atoms with E-state index in [0.717, 1.165) is 39.3 Å². The van der Waals surface area contributed by atoms with Crippen molar-refractivity contribution >= 4 is 0 Å². The lowest BCUT2D eigenvalue weighted by molar-refractivity contribution is 0.526. The quantitative estimate of drug-likeness (QED) is 0.371. The highest BCUT2D eigenvalue weighted by Crippen LogP contribution is 1.80. The first-order chi connectivity index (χ1) is 8.63. The number of hydrogen-bond acceptors (Lipinski definition) is 4. The molecule has 0 aromatic carbocycles. The molecule has 0 atom stereocenters. The summed E-state index contributed by atoms with van der Waals surface area (Å²) in [5.41, 5.74) is 0. The molecule has 4 N–H and O–H groups in total. The van der Waals surface area contributed by atoms with Crippen molar-refractivity contribution in [3.05, 3.63) is 0 Å². The van der Waals surface area contributed by atoms with Gasteiger partial charge in [0.1, 0.15) is 0 Å². The normalized spacial score (nSPS) is 11.7. The van der Waals surface area contributed by atoms with E-state index < -0.39 is 0 Å². The molecule has 0 aliphatic heterocycles. The van der Waals surface area contributed by atoms with Crippen molar-refractivity contribution in [3.63, 3.8) is 0 Å². The van der Waals surface area contributed by atoms with E-state index in [0.29, 0.717) is 12.1 Å². The van der Waals surface area contributed by atoms with Crippen molar-refractivity contribution in [1.29, 1.82) is 0 Å². The zero-order valence-corrected chi connectivity index (χ0v) is 12.8. The molecule has 0 saturated carbocycles. The van der Waals surface area contributed by atoms with Crippen molar-refractivity contribution in [3.8, 4) is 0 Å². The Bertz CT molecular complexity index is 142. The maximum atomic E-state index is 3.45. The van der Waals surface area contributed by atoms with E-state index in [-0.39, 0.29) is 0 Å². The molecule has 0 aromatic rings. The predicted molar refractivity (Wildman–Crippen MR) is 81.3 cm³/mol. The molecule has 0 fully saturated rings. The number of rotatable bonds is 13. The molecule has 4 nitrogen and oxygen atoms in total. The third kappa shape index (κ3) is 15.8. The van der Waals surface area contributed by atoms with Crippen LogP contribution in [0, 0.1) is 0 Å². The van der Waals surface area contributed by atoms with E-state index in [1.54, 1.807) is 0 Å². The third-order valence-electron chi connectivity index (χ3n) is 2.64. The van der Waals surface area contributed by atoms with E-state index >= 15 is 0 Å². The van der Waals surface area contributed by atoms with Gasteiger partial charge >= 0.3 is 0 Å². The first-order valence-electron chi connectivity index (χ1n) is 7.51. The van der Waals surface area contributed by atoms with E-state index in [9.17, 15) is 0 Å². The molecule has 4 heteroatoms. The summed E-state index contributed by atoms with van der Waals surface area (Å²) in [6.45, 7) is 15.3. The van der Waals surface area contributed by atoms with Crippen LogP contribution in [0.1, 0.15) is 40.5 Å². The van der Waals surface area contributed by atoms with Gasteiger partial charge in [-0.3, -0.25) is 0 Å². The van der Waals surface area contributed by atoms with Crippen LogP contribution in [0.25, 0.3) is 0 Å². The first kappa shape index (κ1) is 17.8. The molecule has 0 aromatic heterocycles. The van der Waals surface area contributed by atoms with Crippen molar-refractivity contribution in [2.24, 2.45) is 0 Å². The molecule has 0 spiro atoms. The largest absolute Gasteiger partial charge is 0.315 e. The SMILES string of the molecule is CC(C)NCCCNCCNCCCNC(C)C. The Morgan fingerprint density at radius 1 is 0.556 bits per heavy atom. The molecule has 18 heavy (non-hydrogen) atoms. The van der Waals surface area contributed by atoms with Gasteiger partial charge in [0, 0.05) is 25.2 Å². The highest BCUT2D eigenvalue weighted by Gasteiger charge is 1.93. The van der Waals surface area contributed by atoms with E-state index in [1.807, 2.05) is 0 Å². The summed E-state index contributed by atoms with van der Waals surface area (Å²) in [6.07, 6.45) is 2.41. The number of hydrogen-bond donors (Lipinski definition) is 4. The smallest absolute Gasteiger partial charge is 0.00767 e. The highest BCUT2D eigenvalue weighted by molar-refractivity contribution is 4.58. The van der Waals surface area contributed by atoms with E-state index in [4.69, 9.17) is 0 Å². The summed E-state index contributed by atoms with van der Waals surface area (Å²) in [4.78, 5) is 0. The van der Waals surface area contributed by atoms with Gasteiger partial charge in [0.2, 0.25) is 0 Å². The van der Waals surface area contributed by atoms with Crippen LogP contribution in [0.3, 0.4) is 0 Å². The van der Waals surface area contributed by atoms with Crippen LogP contribution in [0.4, 0.5) is 0 Å². The Labute approximate surface area is 114 Å². The molecule has 0 bridgehead atoms. The number of nitrogens with one attached hydrogen (secondary N) is 4. The lowest BCUT2D eigenvalue weighted by atomic mass is 10.3. The molecule has 0 aliphatic rings. The Balaban J connectivity index is 2.95. The highest BCUT2D eigenvalue weighted by atomic mass is 15.0.